The fraction of sp³-hybridized carbons (Fsp3) is 0.200. The molecule has 3 nitrogen and oxygen atoms in total. The monoisotopic (exact) mass is 336 g/mol. The molecule has 0 aromatic heterocycles. The van der Waals surface area contributed by atoms with Crippen LogP contribution in [0.15, 0.2) is 40.9 Å². The van der Waals surface area contributed by atoms with E-state index in [4.69, 9.17) is 10.6 Å². The normalized spacial score (nSPS) is 14.8. The van der Waals surface area contributed by atoms with Gasteiger partial charge in [-0.3, -0.25) is 5.84 Å². The van der Waals surface area contributed by atoms with Crippen molar-refractivity contribution in [3.63, 3.8) is 0 Å². The standard InChI is InChI=1S/C15H14BrFN2O/c16-12-6-11(7-13(17)8-12)15(19-18)10-1-2-14-9(5-10)3-4-20-14/h1-2,5-8,15,19H,3-4,18H2. The zero-order chi connectivity index (χ0) is 14.1. The maximum Gasteiger partial charge on any atom is 0.124 e. The van der Waals surface area contributed by atoms with Gasteiger partial charge in [0.05, 0.1) is 12.6 Å². The lowest BCUT2D eigenvalue weighted by atomic mass is 9.97. The number of nitrogens with two attached hydrogens (primary N) is 1. The molecule has 0 radical (unpaired) electrons. The maximum absolute atomic E-state index is 13.5. The van der Waals surface area contributed by atoms with Gasteiger partial charge in [0, 0.05) is 10.9 Å². The summed E-state index contributed by atoms with van der Waals surface area (Å²) in [6.45, 7) is 0.713. The second-order valence-corrected chi connectivity index (χ2v) is 5.68. The Morgan fingerprint density at radius 1 is 1.20 bits per heavy atom. The van der Waals surface area contributed by atoms with E-state index in [0.29, 0.717) is 11.1 Å². The fourth-order valence-corrected chi connectivity index (χ4v) is 3.00. The number of benzene rings is 2. The second-order valence-electron chi connectivity index (χ2n) is 4.77. The van der Waals surface area contributed by atoms with Gasteiger partial charge in [-0.25, -0.2) is 9.82 Å². The minimum Gasteiger partial charge on any atom is -0.493 e. The molecular formula is C15H14BrFN2O. The van der Waals surface area contributed by atoms with Crippen molar-refractivity contribution in [2.45, 2.75) is 12.5 Å². The summed E-state index contributed by atoms with van der Waals surface area (Å²) in [6, 6.07) is 10.5. The van der Waals surface area contributed by atoms with E-state index < -0.39 is 0 Å². The highest BCUT2D eigenvalue weighted by Gasteiger charge is 2.18. The third kappa shape index (κ3) is 2.57. The first-order valence-electron chi connectivity index (χ1n) is 6.35. The molecule has 0 spiro atoms. The highest BCUT2D eigenvalue weighted by molar-refractivity contribution is 9.10. The first-order valence-corrected chi connectivity index (χ1v) is 7.14. The number of hydrogen-bond donors (Lipinski definition) is 2. The van der Waals surface area contributed by atoms with E-state index in [0.717, 1.165) is 23.3 Å². The van der Waals surface area contributed by atoms with Crippen LogP contribution in [0, 0.1) is 5.82 Å². The van der Waals surface area contributed by atoms with Crippen molar-refractivity contribution in [1.82, 2.24) is 5.43 Å². The summed E-state index contributed by atoms with van der Waals surface area (Å²) < 4.78 is 19.7. The quantitative estimate of drug-likeness (QED) is 0.668. The molecule has 0 amide bonds. The molecular weight excluding hydrogens is 323 g/mol. The van der Waals surface area contributed by atoms with E-state index in [-0.39, 0.29) is 11.9 Å². The van der Waals surface area contributed by atoms with Crippen LogP contribution in [0.2, 0.25) is 0 Å². The summed E-state index contributed by atoms with van der Waals surface area (Å²) in [6.07, 6.45) is 0.896. The predicted molar refractivity (Wildman–Crippen MR) is 78.9 cm³/mol. The first kappa shape index (κ1) is 13.5. The molecule has 2 aromatic carbocycles. The Labute approximate surface area is 125 Å². The molecule has 1 unspecified atom stereocenters. The Morgan fingerprint density at radius 3 is 2.80 bits per heavy atom. The van der Waals surface area contributed by atoms with E-state index in [9.17, 15) is 4.39 Å². The molecule has 1 aliphatic rings. The molecule has 0 saturated carbocycles. The van der Waals surface area contributed by atoms with Gasteiger partial charge in [0.1, 0.15) is 11.6 Å². The molecule has 3 N–H and O–H groups in total. The van der Waals surface area contributed by atoms with Crippen LogP contribution in [-0.2, 0) is 6.42 Å². The summed E-state index contributed by atoms with van der Waals surface area (Å²) in [5.74, 6) is 6.29. The van der Waals surface area contributed by atoms with Crippen LogP contribution in [0.5, 0.6) is 5.75 Å². The SMILES string of the molecule is NNC(c1cc(F)cc(Br)c1)c1ccc2c(c1)CCO2. The summed E-state index contributed by atoms with van der Waals surface area (Å²) in [4.78, 5) is 0. The van der Waals surface area contributed by atoms with Crippen molar-refractivity contribution in [1.29, 1.82) is 0 Å². The smallest absolute Gasteiger partial charge is 0.124 e. The van der Waals surface area contributed by atoms with Crippen LogP contribution < -0.4 is 16.0 Å². The predicted octanol–water partition coefficient (Wildman–Crippen LogP) is 3.08. The molecule has 104 valence electrons. The minimum absolute atomic E-state index is 0.257. The van der Waals surface area contributed by atoms with E-state index in [1.807, 2.05) is 18.2 Å². The summed E-state index contributed by atoms with van der Waals surface area (Å²) >= 11 is 3.30. The molecule has 0 saturated heterocycles. The Bertz CT molecular complexity index is 628. The van der Waals surface area contributed by atoms with Crippen molar-refractivity contribution in [2.24, 2.45) is 5.84 Å². The van der Waals surface area contributed by atoms with Crippen molar-refractivity contribution >= 4 is 15.9 Å². The Balaban J connectivity index is 2.01. The van der Waals surface area contributed by atoms with Gasteiger partial charge in [-0.15, -0.1) is 0 Å². The number of ether oxygens (including phenoxy) is 1. The Hall–Kier alpha value is -1.43. The number of nitrogens with one attached hydrogen (secondary N) is 1. The van der Waals surface area contributed by atoms with Crippen LogP contribution in [0.3, 0.4) is 0 Å². The molecule has 1 atom stereocenters. The lowest BCUT2D eigenvalue weighted by Gasteiger charge is -2.18. The molecule has 1 aliphatic heterocycles. The van der Waals surface area contributed by atoms with Crippen molar-refractivity contribution < 1.29 is 9.13 Å². The van der Waals surface area contributed by atoms with Gasteiger partial charge in [-0.1, -0.05) is 28.1 Å². The summed E-state index contributed by atoms with van der Waals surface area (Å²) in [5, 5.41) is 0. The molecule has 3 rings (SSSR count). The van der Waals surface area contributed by atoms with E-state index in [2.05, 4.69) is 27.4 Å². The number of halogens is 2. The lowest BCUT2D eigenvalue weighted by Crippen LogP contribution is -2.29. The minimum atomic E-state index is -0.292. The highest BCUT2D eigenvalue weighted by Crippen LogP contribution is 2.31. The average Bonchev–Trinajstić information content (AvgIpc) is 2.86. The van der Waals surface area contributed by atoms with E-state index in [1.165, 1.54) is 17.7 Å². The molecule has 0 aliphatic carbocycles. The number of rotatable bonds is 3. The number of hydrazine groups is 1. The number of fused-ring (bicyclic) bond motifs is 1. The molecule has 5 heteroatoms. The zero-order valence-electron chi connectivity index (χ0n) is 10.7. The molecule has 20 heavy (non-hydrogen) atoms. The molecule has 2 aromatic rings. The van der Waals surface area contributed by atoms with Crippen LogP contribution in [0.25, 0.3) is 0 Å². The van der Waals surface area contributed by atoms with Gasteiger partial charge in [-0.2, -0.15) is 0 Å². The summed E-state index contributed by atoms with van der Waals surface area (Å²) in [5.41, 5.74) is 5.69. The molecule has 1 heterocycles. The molecule has 0 bridgehead atoms. The second kappa shape index (κ2) is 5.52. The lowest BCUT2D eigenvalue weighted by molar-refractivity contribution is 0.357. The average molecular weight is 337 g/mol. The molecule has 0 fully saturated rings. The first-order chi connectivity index (χ1) is 9.67. The Kier molecular flexibility index (Phi) is 3.74. The topological polar surface area (TPSA) is 47.3 Å². The van der Waals surface area contributed by atoms with Gasteiger partial charge >= 0.3 is 0 Å². The van der Waals surface area contributed by atoms with Crippen molar-refractivity contribution in [2.75, 3.05) is 6.61 Å². The van der Waals surface area contributed by atoms with Crippen molar-refractivity contribution in [3.05, 3.63) is 63.4 Å². The van der Waals surface area contributed by atoms with Gasteiger partial charge < -0.3 is 4.74 Å². The van der Waals surface area contributed by atoms with E-state index >= 15 is 0 Å². The largest absolute Gasteiger partial charge is 0.493 e. The van der Waals surface area contributed by atoms with Crippen LogP contribution in [-0.4, -0.2) is 6.61 Å². The number of hydrogen-bond acceptors (Lipinski definition) is 3. The van der Waals surface area contributed by atoms with Gasteiger partial charge in [-0.05, 0) is 41.0 Å². The van der Waals surface area contributed by atoms with Crippen LogP contribution in [0.4, 0.5) is 4.39 Å². The Morgan fingerprint density at radius 2 is 2.05 bits per heavy atom. The zero-order valence-corrected chi connectivity index (χ0v) is 12.3. The maximum atomic E-state index is 13.5. The third-order valence-electron chi connectivity index (χ3n) is 3.43. The fourth-order valence-electron chi connectivity index (χ4n) is 2.51. The van der Waals surface area contributed by atoms with Crippen LogP contribution >= 0.6 is 15.9 Å². The van der Waals surface area contributed by atoms with Gasteiger partial charge in [0.15, 0.2) is 0 Å². The van der Waals surface area contributed by atoms with Gasteiger partial charge in [0.25, 0.3) is 0 Å². The summed E-state index contributed by atoms with van der Waals surface area (Å²) in [7, 11) is 0. The third-order valence-corrected chi connectivity index (χ3v) is 3.89. The van der Waals surface area contributed by atoms with Crippen LogP contribution in [0.1, 0.15) is 22.7 Å². The van der Waals surface area contributed by atoms with E-state index in [1.54, 1.807) is 0 Å². The van der Waals surface area contributed by atoms with Crippen molar-refractivity contribution in [3.8, 4) is 5.75 Å². The highest BCUT2D eigenvalue weighted by atomic mass is 79.9. The van der Waals surface area contributed by atoms with Gasteiger partial charge in [0.2, 0.25) is 0 Å².